The third-order valence-corrected chi connectivity index (χ3v) is 5.28. The molecule has 140 valence electrons. The van der Waals surface area contributed by atoms with E-state index >= 15 is 0 Å². The number of anilines is 1. The van der Waals surface area contributed by atoms with Crippen LogP contribution in [0.15, 0.2) is 24.3 Å². The van der Waals surface area contributed by atoms with Gasteiger partial charge in [-0.2, -0.15) is 0 Å². The predicted octanol–water partition coefficient (Wildman–Crippen LogP) is 2.99. The smallest absolute Gasteiger partial charge is 0.332 e. The van der Waals surface area contributed by atoms with Crippen LogP contribution in [-0.2, 0) is 9.59 Å². The maximum atomic E-state index is 12.7. The van der Waals surface area contributed by atoms with Gasteiger partial charge in [-0.15, -0.1) is 0 Å². The van der Waals surface area contributed by atoms with Crippen molar-refractivity contribution in [2.45, 2.75) is 64.5 Å². The lowest BCUT2D eigenvalue weighted by Gasteiger charge is -2.20. The highest BCUT2D eigenvalue weighted by Crippen LogP contribution is 2.26. The second-order valence-electron chi connectivity index (χ2n) is 7.34. The maximum absolute atomic E-state index is 12.7. The Bertz CT molecular complexity index is 678. The van der Waals surface area contributed by atoms with Gasteiger partial charge in [-0.05, 0) is 38.8 Å². The molecular formula is C20H27N3O3. The molecule has 1 aliphatic heterocycles. The van der Waals surface area contributed by atoms with Gasteiger partial charge in [0, 0.05) is 11.7 Å². The summed E-state index contributed by atoms with van der Waals surface area (Å²) in [7, 11) is 0. The summed E-state index contributed by atoms with van der Waals surface area (Å²) >= 11 is 0. The molecule has 6 heteroatoms. The quantitative estimate of drug-likeness (QED) is 0.665. The van der Waals surface area contributed by atoms with Crippen LogP contribution in [0.2, 0.25) is 0 Å². The lowest BCUT2D eigenvalue weighted by Crippen LogP contribution is -2.44. The van der Waals surface area contributed by atoms with Crippen LogP contribution in [0.5, 0.6) is 0 Å². The van der Waals surface area contributed by atoms with Crippen LogP contribution in [0.25, 0.3) is 0 Å². The summed E-state index contributed by atoms with van der Waals surface area (Å²) in [4.78, 5) is 40.2. The number of imide groups is 1. The number of carbonyl (C=O) groups excluding carboxylic acids is 3. The zero-order valence-electron chi connectivity index (χ0n) is 15.5. The fourth-order valence-corrected chi connectivity index (χ4v) is 3.75. The number of benzene rings is 1. The van der Waals surface area contributed by atoms with E-state index in [2.05, 4.69) is 5.32 Å². The molecule has 3 rings (SSSR count). The van der Waals surface area contributed by atoms with E-state index in [4.69, 9.17) is 0 Å². The third kappa shape index (κ3) is 3.89. The van der Waals surface area contributed by atoms with Gasteiger partial charge in [-0.25, -0.2) is 4.79 Å². The lowest BCUT2D eigenvalue weighted by molar-refractivity contribution is -0.132. The first-order valence-electron chi connectivity index (χ1n) is 9.48. The maximum Gasteiger partial charge on any atom is 0.332 e. The topological polar surface area (TPSA) is 69.7 Å². The number of aryl methyl sites for hydroxylation is 1. The van der Waals surface area contributed by atoms with Crippen molar-refractivity contribution in [1.29, 1.82) is 0 Å². The van der Waals surface area contributed by atoms with Crippen molar-refractivity contribution in [1.82, 2.24) is 10.2 Å². The molecular weight excluding hydrogens is 330 g/mol. The van der Waals surface area contributed by atoms with Crippen molar-refractivity contribution in [2.75, 3.05) is 11.4 Å². The monoisotopic (exact) mass is 357 g/mol. The Morgan fingerprint density at radius 3 is 2.31 bits per heavy atom. The Labute approximate surface area is 154 Å². The van der Waals surface area contributed by atoms with Gasteiger partial charge in [0.2, 0.25) is 5.91 Å². The van der Waals surface area contributed by atoms with Gasteiger partial charge in [-0.3, -0.25) is 19.4 Å². The first-order valence-corrected chi connectivity index (χ1v) is 9.48. The molecule has 1 aliphatic carbocycles. The van der Waals surface area contributed by atoms with Gasteiger partial charge in [0.05, 0.1) is 0 Å². The van der Waals surface area contributed by atoms with Crippen LogP contribution >= 0.6 is 0 Å². The third-order valence-electron chi connectivity index (χ3n) is 5.28. The van der Waals surface area contributed by atoms with Crippen LogP contribution in [0.1, 0.15) is 51.0 Å². The van der Waals surface area contributed by atoms with E-state index in [1.165, 1.54) is 17.7 Å². The Kier molecular flexibility index (Phi) is 5.59. The number of rotatable bonds is 4. The van der Waals surface area contributed by atoms with Gasteiger partial charge in [0.15, 0.2) is 0 Å². The molecule has 1 saturated heterocycles. The Morgan fingerprint density at radius 2 is 1.69 bits per heavy atom. The van der Waals surface area contributed by atoms with Crippen molar-refractivity contribution < 1.29 is 14.4 Å². The van der Waals surface area contributed by atoms with Crippen LogP contribution in [0.3, 0.4) is 0 Å². The minimum absolute atomic E-state index is 0.156. The average Bonchev–Trinajstić information content (AvgIpc) is 2.81. The number of hydrogen-bond acceptors (Lipinski definition) is 3. The molecule has 1 heterocycles. The van der Waals surface area contributed by atoms with E-state index in [1.54, 1.807) is 6.92 Å². The number of nitrogens with zero attached hydrogens (tertiary/aromatic N) is 2. The van der Waals surface area contributed by atoms with Gasteiger partial charge in [0.25, 0.3) is 5.91 Å². The fraction of sp³-hybridized carbons (Fsp3) is 0.550. The zero-order chi connectivity index (χ0) is 18.7. The van der Waals surface area contributed by atoms with Crippen molar-refractivity contribution >= 4 is 23.5 Å². The van der Waals surface area contributed by atoms with Crippen LogP contribution < -0.4 is 10.2 Å². The molecule has 0 unspecified atom stereocenters. The second kappa shape index (κ2) is 7.89. The summed E-state index contributed by atoms with van der Waals surface area (Å²) in [5.74, 6) is -0.580. The van der Waals surface area contributed by atoms with Gasteiger partial charge in [-0.1, -0.05) is 43.4 Å². The Morgan fingerprint density at radius 1 is 1.08 bits per heavy atom. The molecule has 4 amide bonds. The molecule has 1 aromatic rings. The Balaban J connectivity index is 1.66. The minimum atomic E-state index is -0.601. The van der Waals surface area contributed by atoms with E-state index in [1.807, 2.05) is 31.2 Å². The van der Waals surface area contributed by atoms with Gasteiger partial charge in [0.1, 0.15) is 12.6 Å². The number of urea groups is 1. The second-order valence-corrected chi connectivity index (χ2v) is 7.34. The van der Waals surface area contributed by atoms with Gasteiger partial charge < -0.3 is 5.32 Å². The summed E-state index contributed by atoms with van der Waals surface area (Å²) in [6.07, 6.45) is 6.59. The van der Waals surface area contributed by atoms with E-state index in [0.29, 0.717) is 5.69 Å². The highest BCUT2D eigenvalue weighted by Gasteiger charge is 2.44. The molecule has 1 N–H and O–H groups in total. The van der Waals surface area contributed by atoms with E-state index in [0.717, 1.165) is 36.1 Å². The molecule has 6 nitrogen and oxygen atoms in total. The van der Waals surface area contributed by atoms with E-state index in [-0.39, 0.29) is 24.4 Å². The molecule has 2 aliphatic rings. The summed E-state index contributed by atoms with van der Waals surface area (Å²) in [5.41, 5.74) is 1.76. The predicted molar refractivity (Wildman–Crippen MR) is 99.9 cm³/mol. The normalized spacial score (nSPS) is 21.8. The number of hydrogen-bond donors (Lipinski definition) is 1. The van der Waals surface area contributed by atoms with E-state index in [9.17, 15) is 14.4 Å². The van der Waals surface area contributed by atoms with Crippen molar-refractivity contribution in [3.05, 3.63) is 29.8 Å². The summed E-state index contributed by atoms with van der Waals surface area (Å²) in [6.45, 7) is 3.46. The number of carbonyl (C=O) groups is 3. The summed E-state index contributed by atoms with van der Waals surface area (Å²) in [6, 6.07) is 6.59. The van der Waals surface area contributed by atoms with Crippen molar-refractivity contribution in [3.63, 3.8) is 0 Å². The minimum Gasteiger partial charge on any atom is -0.352 e. The molecule has 26 heavy (non-hydrogen) atoms. The van der Waals surface area contributed by atoms with Gasteiger partial charge >= 0.3 is 6.03 Å². The molecule has 0 spiro atoms. The molecule has 2 fully saturated rings. The molecule has 0 radical (unpaired) electrons. The average molecular weight is 357 g/mol. The van der Waals surface area contributed by atoms with Crippen molar-refractivity contribution in [3.8, 4) is 0 Å². The highest BCUT2D eigenvalue weighted by atomic mass is 16.2. The first kappa shape index (κ1) is 18.4. The van der Waals surface area contributed by atoms with Crippen LogP contribution in [0.4, 0.5) is 10.5 Å². The molecule has 0 aromatic heterocycles. The summed E-state index contributed by atoms with van der Waals surface area (Å²) in [5, 5.41) is 3.00. The number of nitrogens with one attached hydrogen (secondary N) is 1. The molecule has 0 bridgehead atoms. The van der Waals surface area contributed by atoms with E-state index < -0.39 is 12.1 Å². The first-order chi connectivity index (χ1) is 12.5. The van der Waals surface area contributed by atoms with Crippen LogP contribution in [0, 0.1) is 6.92 Å². The zero-order valence-corrected chi connectivity index (χ0v) is 15.5. The lowest BCUT2D eigenvalue weighted by atomic mass is 10.1. The van der Waals surface area contributed by atoms with Crippen LogP contribution in [-0.4, -0.2) is 41.4 Å². The molecule has 1 saturated carbocycles. The number of amides is 4. The Hall–Kier alpha value is -2.37. The molecule has 1 atom stereocenters. The fourth-order valence-electron chi connectivity index (χ4n) is 3.75. The van der Waals surface area contributed by atoms with Crippen molar-refractivity contribution in [2.24, 2.45) is 0 Å². The highest BCUT2D eigenvalue weighted by molar-refractivity contribution is 6.15. The standard InChI is InChI=1S/C20H27N3O3/c1-14-9-11-17(12-10-14)23-15(2)19(25)22(20(23)26)13-18(24)21-16-7-5-3-4-6-8-16/h9-12,15-16H,3-8,13H2,1-2H3,(H,21,24)/t15-/m0/s1. The molecule has 1 aromatic carbocycles. The summed E-state index contributed by atoms with van der Waals surface area (Å²) < 4.78 is 0. The SMILES string of the molecule is Cc1ccc(N2C(=O)N(CC(=O)NC3CCCCCC3)C(=O)[C@@H]2C)cc1. The largest absolute Gasteiger partial charge is 0.352 e.